The number of benzene rings is 5. The average Bonchev–Trinajstić information content (AvgIpc) is 3.37. The van der Waals surface area contributed by atoms with Crippen LogP contribution in [0.3, 0.4) is 0 Å². The maximum absolute atomic E-state index is 5.40. The van der Waals surface area contributed by atoms with Crippen molar-refractivity contribution in [1.82, 2.24) is 19.9 Å². The molecule has 0 saturated heterocycles. The molecular formula is C58H44N4. The van der Waals surface area contributed by atoms with Crippen LogP contribution in [0, 0.1) is 0 Å². The normalized spacial score (nSPS) is 15.0. The van der Waals surface area contributed by atoms with E-state index in [1.807, 2.05) is 0 Å². The van der Waals surface area contributed by atoms with Gasteiger partial charge >= 0.3 is 0 Å². The fourth-order valence-corrected chi connectivity index (χ4v) is 8.96. The van der Waals surface area contributed by atoms with Crippen molar-refractivity contribution in [2.75, 3.05) is 0 Å². The second-order valence-electron chi connectivity index (χ2n) is 16.3. The van der Waals surface area contributed by atoms with E-state index in [9.17, 15) is 0 Å². The zero-order valence-corrected chi connectivity index (χ0v) is 34.5. The zero-order valence-electron chi connectivity index (χ0n) is 34.5. The van der Waals surface area contributed by atoms with E-state index in [1.54, 1.807) is 0 Å². The highest BCUT2D eigenvalue weighted by atomic mass is 14.9. The van der Waals surface area contributed by atoms with Crippen molar-refractivity contribution in [3.8, 4) is 44.8 Å². The van der Waals surface area contributed by atoms with Crippen molar-refractivity contribution in [3.05, 3.63) is 217 Å². The molecule has 0 bridgehead atoms. The van der Waals surface area contributed by atoms with Crippen LogP contribution in [0.5, 0.6) is 0 Å². The fraction of sp³-hybridized carbons (Fsp3) is 0.103. The summed E-state index contributed by atoms with van der Waals surface area (Å²) in [7, 11) is 0. The van der Waals surface area contributed by atoms with E-state index in [1.165, 1.54) is 33.4 Å². The molecule has 3 aliphatic rings. The number of fused-ring (bicyclic) bond motifs is 3. The van der Waals surface area contributed by atoms with Crippen LogP contribution in [0.25, 0.3) is 88.9 Å². The van der Waals surface area contributed by atoms with Gasteiger partial charge in [0.2, 0.25) is 0 Å². The van der Waals surface area contributed by atoms with E-state index < -0.39 is 0 Å². The van der Waals surface area contributed by atoms with Gasteiger partial charge in [-0.05, 0) is 119 Å². The first-order valence-corrected chi connectivity index (χ1v) is 21.8. The molecule has 62 heavy (non-hydrogen) atoms. The number of hydrogen-bond donors (Lipinski definition) is 0. The molecule has 5 aromatic carbocycles. The minimum Gasteiger partial charge on any atom is -0.246 e. The summed E-state index contributed by atoms with van der Waals surface area (Å²) in [6.07, 6.45) is 23.8. The van der Waals surface area contributed by atoms with Crippen LogP contribution in [0.2, 0.25) is 0 Å². The summed E-state index contributed by atoms with van der Waals surface area (Å²) >= 11 is 0. The molecular weight excluding hydrogens is 753 g/mol. The number of pyridine rings is 2. The molecule has 296 valence electrons. The highest BCUT2D eigenvalue weighted by Crippen LogP contribution is 2.38. The van der Waals surface area contributed by atoms with Crippen LogP contribution in [0.15, 0.2) is 194 Å². The van der Waals surface area contributed by atoms with Crippen molar-refractivity contribution in [1.29, 1.82) is 0 Å². The molecule has 3 heterocycles. The topological polar surface area (TPSA) is 51.6 Å². The predicted molar refractivity (Wildman–Crippen MR) is 259 cm³/mol. The molecule has 0 N–H and O–H groups in total. The molecule has 0 unspecified atom stereocenters. The van der Waals surface area contributed by atoms with Crippen LogP contribution < -0.4 is 0 Å². The first-order valence-electron chi connectivity index (χ1n) is 21.8. The molecule has 0 atom stereocenters. The molecule has 3 aliphatic carbocycles. The second-order valence-corrected chi connectivity index (χ2v) is 16.3. The van der Waals surface area contributed by atoms with Crippen molar-refractivity contribution in [2.45, 2.75) is 38.5 Å². The molecule has 3 aromatic heterocycles. The molecule has 8 aromatic rings. The number of rotatable bonds is 8. The second kappa shape index (κ2) is 16.5. The molecule has 0 aliphatic heterocycles. The zero-order chi connectivity index (χ0) is 41.2. The summed E-state index contributed by atoms with van der Waals surface area (Å²) in [4.78, 5) is 21.2. The summed E-state index contributed by atoms with van der Waals surface area (Å²) in [5.41, 5.74) is 18.5. The van der Waals surface area contributed by atoms with Crippen molar-refractivity contribution in [3.63, 3.8) is 0 Å². The van der Waals surface area contributed by atoms with Crippen molar-refractivity contribution in [2.24, 2.45) is 0 Å². The van der Waals surface area contributed by atoms with Gasteiger partial charge in [0, 0.05) is 21.9 Å². The Kier molecular flexibility index (Phi) is 9.95. The van der Waals surface area contributed by atoms with Gasteiger partial charge in [-0.25, -0.2) is 19.9 Å². The summed E-state index contributed by atoms with van der Waals surface area (Å²) in [5.74, 6) is 0.788. The van der Waals surface area contributed by atoms with Crippen LogP contribution in [0.4, 0.5) is 0 Å². The third-order valence-corrected chi connectivity index (χ3v) is 12.3. The lowest BCUT2D eigenvalue weighted by atomic mass is 9.92. The average molecular weight is 797 g/mol. The smallest absolute Gasteiger partial charge is 0.156 e. The Hall–Kier alpha value is -7.56. The summed E-state index contributed by atoms with van der Waals surface area (Å²) in [6.45, 7) is 0. The lowest BCUT2D eigenvalue weighted by Crippen LogP contribution is -2.03. The minimum atomic E-state index is 0.788. The molecule has 0 spiro atoms. The van der Waals surface area contributed by atoms with E-state index in [-0.39, 0.29) is 0 Å². The highest BCUT2D eigenvalue weighted by Gasteiger charge is 2.19. The summed E-state index contributed by atoms with van der Waals surface area (Å²) in [5, 5.41) is 2.19. The monoisotopic (exact) mass is 796 g/mol. The van der Waals surface area contributed by atoms with E-state index in [0.717, 1.165) is 117 Å². The number of hydrogen-bond acceptors (Lipinski definition) is 4. The predicted octanol–water partition coefficient (Wildman–Crippen LogP) is 15.0. The third-order valence-electron chi connectivity index (χ3n) is 12.3. The first kappa shape index (κ1) is 37.4. The van der Waals surface area contributed by atoms with E-state index in [4.69, 9.17) is 19.9 Å². The van der Waals surface area contributed by atoms with Crippen LogP contribution in [-0.2, 0) is 0 Å². The number of nitrogens with zero attached hydrogens (tertiary/aromatic N) is 4. The third kappa shape index (κ3) is 7.45. The van der Waals surface area contributed by atoms with Gasteiger partial charge in [-0.3, -0.25) is 0 Å². The van der Waals surface area contributed by atoms with E-state index >= 15 is 0 Å². The van der Waals surface area contributed by atoms with Gasteiger partial charge in [0.1, 0.15) is 0 Å². The molecule has 4 nitrogen and oxygen atoms in total. The Morgan fingerprint density at radius 1 is 0.403 bits per heavy atom. The van der Waals surface area contributed by atoms with Gasteiger partial charge in [0.15, 0.2) is 5.82 Å². The number of aromatic nitrogens is 4. The molecule has 0 amide bonds. The lowest BCUT2D eigenvalue weighted by molar-refractivity contribution is 0.997. The Labute approximate surface area is 362 Å². The number of allylic oxidation sites excluding steroid dienone is 12. The first-order chi connectivity index (χ1) is 30.7. The summed E-state index contributed by atoms with van der Waals surface area (Å²) in [6, 6.07) is 51.8. The maximum Gasteiger partial charge on any atom is 0.156 e. The standard InChI is InChI=1S/C58H44N4/c1-5-15-39(16-6-1)40-27-29-44(30-28-40)55-38-54(43-21-11-4-12-22-43)61-58(62-55)49-26-14-24-47(36-49)46-23-13-25-48(35-46)52-34-32-45-31-33-50-51(41-17-7-2-8-18-41)37-53(42-19-9-3-10-20-42)60-57(50)56(45)59-52/h1-3,5-9,11,13,15-19,21-25,27-38H,4,10,12,14,20,26H2. The molecule has 4 heteroatoms. The van der Waals surface area contributed by atoms with Gasteiger partial charge in [-0.15, -0.1) is 0 Å². The van der Waals surface area contributed by atoms with Crippen LogP contribution in [0.1, 0.15) is 61.3 Å². The van der Waals surface area contributed by atoms with Crippen molar-refractivity contribution >= 4 is 44.1 Å². The van der Waals surface area contributed by atoms with Crippen LogP contribution >= 0.6 is 0 Å². The maximum atomic E-state index is 5.40. The lowest BCUT2D eigenvalue weighted by Gasteiger charge is -2.17. The molecule has 11 rings (SSSR count). The molecule has 0 radical (unpaired) electrons. The van der Waals surface area contributed by atoms with Gasteiger partial charge in [-0.2, -0.15) is 0 Å². The van der Waals surface area contributed by atoms with E-state index in [0.29, 0.717) is 0 Å². The van der Waals surface area contributed by atoms with Gasteiger partial charge < -0.3 is 0 Å². The minimum absolute atomic E-state index is 0.788. The van der Waals surface area contributed by atoms with E-state index in [2.05, 4.69) is 194 Å². The van der Waals surface area contributed by atoms with Crippen molar-refractivity contribution < 1.29 is 0 Å². The van der Waals surface area contributed by atoms with Crippen LogP contribution in [-0.4, -0.2) is 19.9 Å². The Morgan fingerprint density at radius 3 is 1.92 bits per heavy atom. The van der Waals surface area contributed by atoms with Gasteiger partial charge in [0.25, 0.3) is 0 Å². The Morgan fingerprint density at radius 2 is 1.11 bits per heavy atom. The summed E-state index contributed by atoms with van der Waals surface area (Å²) < 4.78 is 0. The SMILES string of the molecule is C1=CCCC(c2cc(-c3ccccc3)c3ccc4ccc(-c5cccc(C6=CCCC(c7nc(C8=CCCC=C8)cc(-c8ccc(-c9ccccc9)cc8)n7)=C6)c5)nc4c3n2)=C1. The van der Waals surface area contributed by atoms with Gasteiger partial charge in [0.05, 0.1) is 33.8 Å². The Bertz CT molecular complexity index is 3200. The fourth-order valence-electron chi connectivity index (χ4n) is 8.96. The quantitative estimate of drug-likeness (QED) is 0.144. The molecule has 0 saturated carbocycles. The Balaban J connectivity index is 0.961. The van der Waals surface area contributed by atoms with Gasteiger partial charge in [-0.1, -0.05) is 164 Å². The largest absolute Gasteiger partial charge is 0.246 e. The molecule has 0 fully saturated rings. The highest BCUT2D eigenvalue weighted by molar-refractivity contribution is 6.09.